The number of amides is 1. The number of carbonyl (C=O) groups excluding carboxylic acids is 1. The van der Waals surface area contributed by atoms with E-state index in [9.17, 15) is 4.79 Å². The van der Waals surface area contributed by atoms with Crippen LogP contribution in [0.25, 0.3) is 10.9 Å². The first-order valence-electron chi connectivity index (χ1n) is 11.9. The van der Waals surface area contributed by atoms with Gasteiger partial charge in [0.2, 0.25) is 0 Å². The lowest BCUT2D eigenvalue weighted by atomic mass is 10.1. The van der Waals surface area contributed by atoms with Crippen molar-refractivity contribution >= 4 is 28.4 Å². The fourth-order valence-electron chi connectivity index (χ4n) is 4.17. The summed E-state index contributed by atoms with van der Waals surface area (Å²) in [5.74, 6) is 0.439. The first-order chi connectivity index (χ1) is 18.1. The summed E-state index contributed by atoms with van der Waals surface area (Å²) in [5.41, 5.74) is 10.7. The molecule has 0 unspecified atom stereocenters. The van der Waals surface area contributed by atoms with E-state index < -0.39 is 5.91 Å². The molecule has 4 aromatic heterocycles. The molecule has 4 heterocycles. The van der Waals surface area contributed by atoms with Crippen molar-refractivity contribution in [3.8, 4) is 0 Å². The van der Waals surface area contributed by atoms with Crippen molar-refractivity contribution < 1.29 is 4.79 Å². The number of rotatable bonds is 8. The van der Waals surface area contributed by atoms with Crippen LogP contribution >= 0.6 is 0 Å². The van der Waals surface area contributed by atoms with Gasteiger partial charge in [0.1, 0.15) is 5.82 Å². The van der Waals surface area contributed by atoms with Gasteiger partial charge in [0, 0.05) is 55.0 Å². The summed E-state index contributed by atoms with van der Waals surface area (Å²) in [6, 6.07) is 17.9. The van der Waals surface area contributed by atoms with Gasteiger partial charge >= 0.3 is 0 Å². The molecular weight excluding hydrogens is 464 g/mol. The Morgan fingerprint density at radius 1 is 0.946 bits per heavy atom. The van der Waals surface area contributed by atoms with Crippen LogP contribution in [0.3, 0.4) is 0 Å². The number of carbonyl (C=O) groups is 1. The molecule has 0 spiro atoms. The Morgan fingerprint density at radius 2 is 1.84 bits per heavy atom. The van der Waals surface area contributed by atoms with E-state index in [2.05, 4.69) is 36.2 Å². The summed E-state index contributed by atoms with van der Waals surface area (Å²) in [4.78, 5) is 37.0. The van der Waals surface area contributed by atoms with Crippen molar-refractivity contribution in [1.82, 2.24) is 30.2 Å². The third-order valence-electron chi connectivity index (χ3n) is 5.96. The number of benzene rings is 1. The molecule has 5 aromatic rings. The Bertz CT molecular complexity index is 1480. The third kappa shape index (κ3) is 5.51. The third-order valence-corrected chi connectivity index (χ3v) is 5.96. The van der Waals surface area contributed by atoms with Crippen LogP contribution < -0.4 is 16.0 Å². The minimum atomic E-state index is -0.399. The summed E-state index contributed by atoms with van der Waals surface area (Å²) >= 11 is 0. The summed E-state index contributed by atoms with van der Waals surface area (Å²) in [6.07, 6.45) is 8.27. The van der Waals surface area contributed by atoms with Gasteiger partial charge < -0.3 is 16.0 Å². The molecule has 0 fully saturated rings. The van der Waals surface area contributed by atoms with Gasteiger partial charge in [0.15, 0.2) is 11.5 Å². The molecule has 9 heteroatoms. The highest BCUT2D eigenvalue weighted by atomic mass is 16.1. The van der Waals surface area contributed by atoms with Crippen LogP contribution in [0, 0.1) is 6.92 Å². The van der Waals surface area contributed by atoms with Crippen LogP contribution in [0.15, 0.2) is 85.6 Å². The average molecular weight is 491 g/mol. The van der Waals surface area contributed by atoms with E-state index >= 15 is 0 Å². The van der Waals surface area contributed by atoms with Crippen LogP contribution in [0.1, 0.15) is 32.9 Å². The zero-order chi connectivity index (χ0) is 25.6. The molecule has 0 saturated carbocycles. The first-order valence-corrected chi connectivity index (χ1v) is 11.9. The van der Waals surface area contributed by atoms with Crippen LogP contribution in [0.4, 0.5) is 11.6 Å². The lowest BCUT2D eigenvalue weighted by Gasteiger charge is -2.27. The van der Waals surface area contributed by atoms with Crippen LogP contribution in [-0.4, -0.2) is 30.8 Å². The molecule has 1 aromatic carbocycles. The van der Waals surface area contributed by atoms with E-state index in [-0.39, 0.29) is 18.1 Å². The summed E-state index contributed by atoms with van der Waals surface area (Å²) in [5, 5.41) is 3.93. The molecule has 3 N–H and O–H groups in total. The Hall–Kier alpha value is -4.92. The molecule has 184 valence electrons. The Balaban J connectivity index is 1.56. The van der Waals surface area contributed by atoms with Gasteiger partial charge in [-0.1, -0.05) is 30.3 Å². The quantitative estimate of drug-likeness (QED) is 0.336. The predicted molar refractivity (Wildman–Crippen MR) is 142 cm³/mol. The number of para-hydroxylation sites is 1. The Kier molecular flexibility index (Phi) is 6.93. The second-order valence-electron chi connectivity index (χ2n) is 8.63. The van der Waals surface area contributed by atoms with Crippen molar-refractivity contribution in [2.45, 2.75) is 26.6 Å². The minimum absolute atomic E-state index is 0.0841. The number of nitrogens with one attached hydrogen (secondary N) is 1. The number of nitrogens with two attached hydrogens (primary N) is 1. The minimum Gasteiger partial charge on any atom is -0.382 e. The molecule has 0 aliphatic carbocycles. The lowest BCUT2D eigenvalue weighted by molar-refractivity contribution is 0.0946. The maximum atomic E-state index is 12.9. The Labute approximate surface area is 214 Å². The molecule has 0 bridgehead atoms. The van der Waals surface area contributed by atoms with Crippen molar-refractivity contribution in [1.29, 1.82) is 0 Å². The lowest BCUT2D eigenvalue weighted by Crippen LogP contribution is -2.29. The van der Waals surface area contributed by atoms with Crippen molar-refractivity contribution in [3.63, 3.8) is 0 Å². The number of anilines is 2. The summed E-state index contributed by atoms with van der Waals surface area (Å²) in [6.45, 7) is 3.36. The molecule has 0 aliphatic rings. The fraction of sp³-hybridized carbons (Fsp3) is 0.143. The highest BCUT2D eigenvalue weighted by molar-refractivity contribution is 5.96. The highest BCUT2D eigenvalue weighted by Gasteiger charge is 2.19. The monoisotopic (exact) mass is 490 g/mol. The van der Waals surface area contributed by atoms with E-state index in [1.54, 1.807) is 12.4 Å². The van der Waals surface area contributed by atoms with Gasteiger partial charge in [-0.05, 0) is 42.3 Å². The predicted octanol–water partition coefficient (Wildman–Crippen LogP) is 3.84. The topological polar surface area (TPSA) is 123 Å². The SMILES string of the molecule is Cc1cccc2cc(CNC(=O)c3nccnc3N)c(N(Cc3cccnc3)Cc3ccccn3)nc12. The van der Waals surface area contributed by atoms with Crippen molar-refractivity contribution in [2.75, 3.05) is 10.6 Å². The van der Waals surface area contributed by atoms with Gasteiger partial charge in [-0.2, -0.15) is 0 Å². The van der Waals surface area contributed by atoms with Crippen LogP contribution in [-0.2, 0) is 19.6 Å². The van der Waals surface area contributed by atoms with Crippen LogP contribution in [0.5, 0.6) is 0 Å². The van der Waals surface area contributed by atoms with Crippen molar-refractivity contribution in [3.05, 3.63) is 114 Å². The average Bonchev–Trinajstić information content (AvgIpc) is 2.92. The molecule has 9 nitrogen and oxygen atoms in total. The van der Waals surface area contributed by atoms with Gasteiger partial charge in [-0.15, -0.1) is 0 Å². The largest absolute Gasteiger partial charge is 0.382 e. The Morgan fingerprint density at radius 3 is 2.62 bits per heavy atom. The van der Waals surface area contributed by atoms with Gasteiger partial charge in [-0.3, -0.25) is 14.8 Å². The second-order valence-corrected chi connectivity index (χ2v) is 8.63. The van der Waals surface area contributed by atoms with E-state index in [0.717, 1.165) is 39.1 Å². The molecular formula is C28H26N8O. The molecule has 0 aliphatic heterocycles. The second kappa shape index (κ2) is 10.8. The standard InChI is InChI=1S/C28H26N8O/c1-19-6-4-8-21-14-22(16-34-28(37)25-26(29)33-13-12-32-25)27(35-24(19)21)36(17-20-7-5-10-30-15-20)18-23-9-2-3-11-31-23/h2-15H,16-18H2,1H3,(H2,29,33)(H,34,37). The number of hydrogen-bond donors (Lipinski definition) is 2. The summed E-state index contributed by atoms with van der Waals surface area (Å²) < 4.78 is 0. The maximum absolute atomic E-state index is 12.9. The van der Waals surface area contributed by atoms with Gasteiger partial charge in [0.25, 0.3) is 5.91 Å². The van der Waals surface area contributed by atoms with Gasteiger partial charge in [0.05, 0.1) is 17.8 Å². The molecule has 0 saturated heterocycles. The fourth-order valence-corrected chi connectivity index (χ4v) is 4.17. The number of nitrogens with zero attached hydrogens (tertiary/aromatic N) is 6. The molecule has 37 heavy (non-hydrogen) atoms. The zero-order valence-corrected chi connectivity index (χ0v) is 20.4. The normalized spacial score (nSPS) is 10.8. The molecule has 5 rings (SSSR count). The number of aryl methyl sites for hydroxylation is 1. The van der Waals surface area contributed by atoms with Crippen LogP contribution in [0.2, 0.25) is 0 Å². The van der Waals surface area contributed by atoms with E-state index in [1.165, 1.54) is 12.4 Å². The molecule has 0 radical (unpaired) electrons. The maximum Gasteiger partial charge on any atom is 0.273 e. The van der Waals surface area contributed by atoms with E-state index in [0.29, 0.717) is 13.1 Å². The van der Waals surface area contributed by atoms with Crippen molar-refractivity contribution in [2.24, 2.45) is 0 Å². The van der Waals surface area contributed by atoms with E-state index in [4.69, 9.17) is 10.7 Å². The smallest absolute Gasteiger partial charge is 0.273 e. The number of aromatic nitrogens is 5. The first kappa shape index (κ1) is 23.8. The number of hydrogen-bond acceptors (Lipinski definition) is 8. The molecule has 1 amide bonds. The van der Waals surface area contributed by atoms with Gasteiger partial charge in [-0.25, -0.2) is 15.0 Å². The summed E-state index contributed by atoms with van der Waals surface area (Å²) in [7, 11) is 0. The number of nitrogen functional groups attached to an aromatic ring is 1. The number of pyridine rings is 3. The zero-order valence-electron chi connectivity index (χ0n) is 20.4. The van der Waals surface area contributed by atoms with E-state index in [1.807, 2.05) is 61.7 Å². The number of fused-ring (bicyclic) bond motifs is 1. The highest BCUT2D eigenvalue weighted by Crippen LogP contribution is 2.28. The molecule has 0 atom stereocenters.